The predicted molar refractivity (Wildman–Crippen MR) is 82.1 cm³/mol. The molecule has 0 aliphatic carbocycles. The molecule has 2 aliphatic rings. The van der Waals surface area contributed by atoms with Crippen molar-refractivity contribution in [3.63, 3.8) is 0 Å². The standard InChI is InChI=1S/C17H22N2O2/c1-18-8-17-15(14-4-2-3-5-16(14)21-17)11-19-9-12-6-7-13(10-19)20-12/h2-5,12-13,18H,6-11H2,1H3. The van der Waals surface area contributed by atoms with Gasteiger partial charge in [-0.05, 0) is 26.0 Å². The van der Waals surface area contributed by atoms with Crippen molar-refractivity contribution in [2.75, 3.05) is 20.1 Å². The zero-order valence-corrected chi connectivity index (χ0v) is 12.5. The molecule has 2 unspecified atom stereocenters. The maximum Gasteiger partial charge on any atom is 0.134 e. The molecular formula is C17H22N2O2. The van der Waals surface area contributed by atoms with E-state index >= 15 is 0 Å². The molecule has 0 saturated carbocycles. The van der Waals surface area contributed by atoms with Gasteiger partial charge in [0.15, 0.2) is 0 Å². The first-order chi connectivity index (χ1) is 10.3. The smallest absolute Gasteiger partial charge is 0.134 e. The number of hydrogen-bond donors (Lipinski definition) is 1. The number of hydrogen-bond acceptors (Lipinski definition) is 4. The van der Waals surface area contributed by atoms with Crippen molar-refractivity contribution in [2.45, 2.75) is 38.1 Å². The minimum Gasteiger partial charge on any atom is -0.459 e. The highest BCUT2D eigenvalue weighted by atomic mass is 16.5. The molecule has 112 valence electrons. The second-order valence-electron chi connectivity index (χ2n) is 6.18. The van der Waals surface area contributed by atoms with Crippen LogP contribution in [0.1, 0.15) is 24.2 Å². The molecule has 21 heavy (non-hydrogen) atoms. The van der Waals surface area contributed by atoms with Crippen LogP contribution >= 0.6 is 0 Å². The Balaban J connectivity index is 1.63. The average Bonchev–Trinajstić information content (AvgIpc) is 3.01. The van der Waals surface area contributed by atoms with Gasteiger partial charge in [-0.3, -0.25) is 4.90 Å². The third-order valence-corrected chi connectivity index (χ3v) is 4.62. The average molecular weight is 286 g/mol. The Morgan fingerprint density at radius 2 is 1.95 bits per heavy atom. The molecule has 4 rings (SSSR count). The third kappa shape index (κ3) is 2.48. The molecule has 2 atom stereocenters. The highest BCUT2D eigenvalue weighted by Crippen LogP contribution is 2.31. The van der Waals surface area contributed by atoms with Gasteiger partial charge in [0.25, 0.3) is 0 Å². The molecule has 0 amide bonds. The van der Waals surface area contributed by atoms with E-state index in [4.69, 9.17) is 9.15 Å². The lowest BCUT2D eigenvalue weighted by Crippen LogP contribution is -2.42. The fraction of sp³-hybridized carbons (Fsp3) is 0.529. The Morgan fingerprint density at radius 3 is 2.71 bits per heavy atom. The van der Waals surface area contributed by atoms with E-state index in [0.29, 0.717) is 12.2 Å². The monoisotopic (exact) mass is 286 g/mol. The second kappa shape index (κ2) is 5.44. The van der Waals surface area contributed by atoms with E-state index in [1.165, 1.54) is 23.8 Å². The number of nitrogens with zero attached hydrogens (tertiary/aromatic N) is 1. The van der Waals surface area contributed by atoms with Crippen molar-refractivity contribution < 1.29 is 9.15 Å². The summed E-state index contributed by atoms with van der Waals surface area (Å²) < 4.78 is 12.0. The largest absolute Gasteiger partial charge is 0.459 e. The minimum absolute atomic E-state index is 0.440. The summed E-state index contributed by atoms with van der Waals surface area (Å²) in [5.41, 5.74) is 2.33. The van der Waals surface area contributed by atoms with Crippen molar-refractivity contribution >= 4 is 11.0 Å². The fourth-order valence-electron chi connectivity index (χ4n) is 3.68. The van der Waals surface area contributed by atoms with E-state index in [-0.39, 0.29) is 0 Å². The molecule has 0 radical (unpaired) electrons. The molecule has 2 bridgehead atoms. The summed E-state index contributed by atoms with van der Waals surface area (Å²) in [4.78, 5) is 2.53. The first-order valence-corrected chi connectivity index (χ1v) is 7.85. The van der Waals surface area contributed by atoms with Gasteiger partial charge < -0.3 is 14.5 Å². The number of benzene rings is 1. The molecule has 4 nitrogen and oxygen atoms in total. The van der Waals surface area contributed by atoms with Gasteiger partial charge >= 0.3 is 0 Å². The second-order valence-corrected chi connectivity index (χ2v) is 6.18. The zero-order valence-electron chi connectivity index (χ0n) is 12.5. The normalized spacial score (nSPS) is 25.8. The van der Waals surface area contributed by atoms with Crippen LogP contribution in [0.5, 0.6) is 0 Å². The number of para-hydroxylation sites is 1. The molecule has 4 heteroatoms. The van der Waals surface area contributed by atoms with Gasteiger partial charge in [-0.1, -0.05) is 18.2 Å². The maximum atomic E-state index is 6.03. The van der Waals surface area contributed by atoms with E-state index in [9.17, 15) is 0 Å². The molecule has 1 aromatic carbocycles. The number of rotatable bonds is 4. The number of likely N-dealkylation sites (tertiary alicyclic amines) is 1. The van der Waals surface area contributed by atoms with Crippen LogP contribution in [0.2, 0.25) is 0 Å². The Bertz CT molecular complexity index is 625. The SMILES string of the molecule is CNCc1oc2ccccc2c1CN1CC2CCC(C1)O2. The van der Waals surface area contributed by atoms with E-state index in [1.54, 1.807) is 0 Å². The molecule has 0 spiro atoms. The van der Waals surface area contributed by atoms with Crippen LogP contribution in [0, 0.1) is 0 Å². The summed E-state index contributed by atoms with van der Waals surface area (Å²) >= 11 is 0. The number of ether oxygens (including phenoxy) is 1. The number of fused-ring (bicyclic) bond motifs is 3. The fourth-order valence-corrected chi connectivity index (χ4v) is 3.68. The Labute approximate surface area is 125 Å². The first-order valence-electron chi connectivity index (χ1n) is 7.85. The van der Waals surface area contributed by atoms with Crippen molar-refractivity contribution in [3.05, 3.63) is 35.6 Å². The Kier molecular flexibility index (Phi) is 3.45. The van der Waals surface area contributed by atoms with Gasteiger partial charge in [0, 0.05) is 30.6 Å². The van der Waals surface area contributed by atoms with Gasteiger partial charge in [0.2, 0.25) is 0 Å². The number of nitrogens with one attached hydrogen (secondary N) is 1. The van der Waals surface area contributed by atoms with Gasteiger partial charge in [-0.25, -0.2) is 0 Å². The summed E-state index contributed by atoms with van der Waals surface area (Å²) in [6.07, 6.45) is 3.32. The minimum atomic E-state index is 0.440. The Morgan fingerprint density at radius 1 is 1.19 bits per heavy atom. The first kappa shape index (κ1) is 13.3. The maximum absolute atomic E-state index is 6.03. The van der Waals surface area contributed by atoms with E-state index in [1.807, 2.05) is 13.1 Å². The molecule has 3 heterocycles. The van der Waals surface area contributed by atoms with Crippen LogP contribution < -0.4 is 5.32 Å². The number of furan rings is 1. The van der Waals surface area contributed by atoms with Crippen molar-refractivity contribution in [1.82, 2.24) is 10.2 Å². The highest BCUT2D eigenvalue weighted by molar-refractivity contribution is 5.82. The van der Waals surface area contributed by atoms with Crippen molar-refractivity contribution in [3.8, 4) is 0 Å². The van der Waals surface area contributed by atoms with Gasteiger partial charge in [0.1, 0.15) is 11.3 Å². The van der Waals surface area contributed by atoms with Crippen LogP contribution in [-0.4, -0.2) is 37.2 Å². The lowest BCUT2D eigenvalue weighted by atomic mass is 10.1. The van der Waals surface area contributed by atoms with Crippen LogP contribution in [0.15, 0.2) is 28.7 Å². The van der Waals surface area contributed by atoms with E-state index < -0.39 is 0 Å². The van der Waals surface area contributed by atoms with Crippen molar-refractivity contribution in [2.24, 2.45) is 0 Å². The molecular weight excluding hydrogens is 264 g/mol. The van der Waals surface area contributed by atoms with Crippen LogP contribution in [0.3, 0.4) is 0 Å². The highest BCUT2D eigenvalue weighted by Gasteiger charge is 2.34. The topological polar surface area (TPSA) is 37.6 Å². The lowest BCUT2D eigenvalue weighted by Gasteiger charge is -2.32. The quantitative estimate of drug-likeness (QED) is 0.937. The molecule has 2 fully saturated rings. The van der Waals surface area contributed by atoms with Crippen LogP contribution in [-0.2, 0) is 17.8 Å². The summed E-state index contributed by atoms with van der Waals surface area (Å²) in [6.45, 7) is 3.84. The molecule has 2 saturated heterocycles. The Hall–Kier alpha value is -1.36. The van der Waals surface area contributed by atoms with Crippen LogP contribution in [0.4, 0.5) is 0 Å². The summed E-state index contributed by atoms with van der Waals surface area (Å²) in [5.74, 6) is 1.07. The third-order valence-electron chi connectivity index (χ3n) is 4.62. The molecule has 2 aromatic rings. The summed E-state index contributed by atoms with van der Waals surface area (Å²) in [6, 6.07) is 8.35. The summed E-state index contributed by atoms with van der Waals surface area (Å²) in [5, 5.41) is 4.47. The van der Waals surface area contributed by atoms with Gasteiger partial charge in [0.05, 0.1) is 18.8 Å². The van der Waals surface area contributed by atoms with E-state index in [2.05, 4.69) is 28.4 Å². The summed E-state index contributed by atoms with van der Waals surface area (Å²) in [7, 11) is 1.96. The molecule has 1 aromatic heterocycles. The van der Waals surface area contributed by atoms with Crippen LogP contribution in [0.25, 0.3) is 11.0 Å². The van der Waals surface area contributed by atoms with E-state index in [0.717, 1.165) is 37.5 Å². The van der Waals surface area contributed by atoms with Gasteiger partial charge in [-0.15, -0.1) is 0 Å². The molecule has 2 aliphatic heterocycles. The zero-order chi connectivity index (χ0) is 14.2. The lowest BCUT2D eigenvalue weighted by molar-refractivity contribution is -0.0410. The van der Waals surface area contributed by atoms with Gasteiger partial charge in [-0.2, -0.15) is 0 Å². The molecule has 1 N–H and O–H groups in total. The predicted octanol–water partition coefficient (Wildman–Crippen LogP) is 2.52. The number of morpholine rings is 1. The van der Waals surface area contributed by atoms with Crippen molar-refractivity contribution in [1.29, 1.82) is 0 Å².